The number of carbonyl (C=O) groups is 3. The minimum Gasteiger partial charge on any atom is -0.354 e. The summed E-state index contributed by atoms with van der Waals surface area (Å²) in [5, 5.41) is 2.97. The van der Waals surface area contributed by atoms with E-state index >= 15 is 0 Å². The van der Waals surface area contributed by atoms with E-state index in [-0.39, 0.29) is 24.3 Å². The molecule has 0 bridgehead atoms. The first-order valence-corrected chi connectivity index (χ1v) is 13.2. The van der Waals surface area contributed by atoms with E-state index < -0.39 is 5.54 Å². The number of benzene rings is 2. The summed E-state index contributed by atoms with van der Waals surface area (Å²) in [6, 6.07) is 20.0. The summed E-state index contributed by atoms with van der Waals surface area (Å²) < 4.78 is 0. The first kappa shape index (κ1) is 25.7. The lowest BCUT2D eigenvalue weighted by molar-refractivity contribution is -0.140. The zero-order valence-corrected chi connectivity index (χ0v) is 21.3. The fraction of sp³-hybridized carbons (Fsp3) is 0.483. The molecule has 7 heteroatoms. The fourth-order valence-corrected chi connectivity index (χ4v) is 5.35. The number of hydrogen-bond acceptors (Lipinski definition) is 4. The number of unbranched alkanes of at least 4 members (excludes halogenated alkanes) is 2. The molecule has 2 aliphatic heterocycles. The van der Waals surface area contributed by atoms with Gasteiger partial charge in [-0.25, -0.2) is 0 Å². The highest BCUT2D eigenvalue weighted by atomic mass is 16.2. The van der Waals surface area contributed by atoms with Crippen LogP contribution in [0.5, 0.6) is 0 Å². The Hall–Kier alpha value is -3.35. The van der Waals surface area contributed by atoms with Gasteiger partial charge in [-0.1, -0.05) is 68.3 Å². The van der Waals surface area contributed by atoms with Crippen LogP contribution >= 0.6 is 0 Å². The Morgan fingerprint density at radius 2 is 1.61 bits per heavy atom. The molecule has 2 aliphatic rings. The van der Waals surface area contributed by atoms with Gasteiger partial charge in [-0.15, -0.1) is 0 Å². The summed E-state index contributed by atoms with van der Waals surface area (Å²) in [5.41, 5.74) is 1.42. The number of anilines is 1. The highest BCUT2D eigenvalue weighted by Gasteiger charge is 2.54. The highest BCUT2D eigenvalue weighted by molar-refractivity contribution is 5.96. The first-order valence-electron chi connectivity index (χ1n) is 13.2. The topological polar surface area (TPSA) is 73.0 Å². The van der Waals surface area contributed by atoms with Gasteiger partial charge >= 0.3 is 0 Å². The van der Waals surface area contributed by atoms with Crippen molar-refractivity contribution in [3.63, 3.8) is 0 Å². The molecule has 2 heterocycles. The van der Waals surface area contributed by atoms with Crippen LogP contribution in [-0.2, 0) is 20.8 Å². The molecule has 0 atom stereocenters. The van der Waals surface area contributed by atoms with Crippen LogP contribution in [0.25, 0.3) is 0 Å². The average molecular weight is 491 g/mol. The van der Waals surface area contributed by atoms with Crippen LogP contribution in [0.4, 0.5) is 5.69 Å². The number of rotatable bonds is 10. The van der Waals surface area contributed by atoms with Crippen molar-refractivity contribution in [1.29, 1.82) is 0 Å². The second kappa shape index (κ2) is 12.1. The number of para-hydroxylation sites is 1. The lowest BCUT2D eigenvalue weighted by Crippen LogP contribution is -2.57. The molecular weight excluding hydrogens is 452 g/mol. The molecule has 36 heavy (non-hydrogen) atoms. The van der Waals surface area contributed by atoms with Gasteiger partial charge in [-0.05, 0) is 43.4 Å². The normalized spacial score (nSPS) is 17.0. The zero-order chi connectivity index (χ0) is 25.4. The summed E-state index contributed by atoms with van der Waals surface area (Å²) in [7, 11) is 0. The Bertz CT molecular complexity index is 1020. The third kappa shape index (κ3) is 5.89. The monoisotopic (exact) mass is 490 g/mol. The van der Waals surface area contributed by atoms with Gasteiger partial charge in [0, 0.05) is 31.7 Å². The predicted molar refractivity (Wildman–Crippen MR) is 141 cm³/mol. The highest BCUT2D eigenvalue weighted by Crippen LogP contribution is 2.39. The minimum atomic E-state index is -0.716. The van der Waals surface area contributed by atoms with Gasteiger partial charge in [0.1, 0.15) is 12.1 Å². The number of piperidine rings is 1. The number of nitrogens with one attached hydrogen (secondary N) is 1. The number of nitrogens with zero attached hydrogens (tertiary/aromatic N) is 3. The van der Waals surface area contributed by atoms with Crippen molar-refractivity contribution in [3.8, 4) is 0 Å². The van der Waals surface area contributed by atoms with E-state index in [4.69, 9.17) is 0 Å². The maximum Gasteiger partial charge on any atom is 0.250 e. The zero-order valence-electron chi connectivity index (χ0n) is 21.3. The van der Waals surface area contributed by atoms with Crippen molar-refractivity contribution in [2.45, 2.75) is 57.4 Å². The van der Waals surface area contributed by atoms with Crippen LogP contribution in [-0.4, -0.2) is 65.9 Å². The van der Waals surface area contributed by atoms with E-state index in [0.717, 1.165) is 31.4 Å². The molecule has 192 valence electrons. The lowest BCUT2D eigenvalue weighted by atomic mass is 9.85. The number of hydrogen-bond donors (Lipinski definition) is 1. The molecule has 0 radical (unpaired) electrons. The third-order valence-corrected chi connectivity index (χ3v) is 7.43. The standard InChI is InChI=1S/C29H38N4O3/c1-2-3-6-15-27(35)31-20-17-29(18-21-31)28(36)32(23-33(29)25-13-9-5-10-14-25)22-26(34)30-19-16-24-11-7-4-8-12-24/h4-5,7-14H,2-3,6,15-23H2,1H3,(H,30,34). The fourth-order valence-electron chi connectivity index (χ4n) is 5.35. The Morgan fingerprint density at radius 3 is 2.28 bits per heavy atom. The van der Waals surface area contributed by atoms with Crippen molar-refractivity contribution in [2.75, 3.05) is 37.7 Å². The van der Waals surface area contributed by atoms with E-state index in [9.17, 15) is 14.4 Å². The minimum absolute atomic E-state index is 0.0114. The molecule has 1 spiro atoms. The third-order valence-electron chi connectivity index (χ3n) is 7.43. The van der Waals surface area contributed by atoms with Gasteiger partial charge in [0.2, 0.25) is 11.8 Å². The van der Waals surface area contributed by atoms with Crippen LogP contribution in [0.3, 0.4) is 0 Å². The SMILES string of the molecule is CCCCCC(=O)N1CCC2(CC1)C(=O)N(CC(=O)NCCc1ccccc1)CN2c1ccccc1. The van der Waals surface area contributed by atoms with Crippen molar-refractivity contribution in [1.82, 2.24) is 15.1 Å². The largest absolute Gasteiger partial charge is 0.354 e. The second-order valence-electron chi connectivity index (χ2n) is 9.86. The molecule has 0 aliphatic carbocycles. The second-order valence-corrected chi connectivity index (χ2v) is 9.86. The van der Waals surface area contributed by atoms with Crippen LogP contribution in [0.1, 0.15) is 51.0 Å². The van der Waals surface area contributed by atoms with Crippen molar-refractivity contribution >= 4 is 23.4 Å². The summed E-state index contributed by atoms with van der Waals surface area (Å²) in [4.78, 5) is 44.9. The summed E-state index contributed by atoms with van der Waals surface area (Å²) >= 11 is 0. The molecule has 7 nitrogen and oxygen atoms in total. The van der Waals surface area contributed by atoms with Crippen LogP contribution in [0.2, 0.25) is 0 Å². The van der Waals surface area contributed by atoms with Crippen LogP contribution < -0.4 is 10.2 Å². The van der Waals surface area contributed by atoms with E-state index in [1.54, 1.807) is 4.90 Å². The Morgan fingerprint density at radius 1 is 0.944 bits per heavy atom. The van der Waals surface area contributed by atoms with E-state index in [2.05, 4.69) is 17.1 Å². The summed E-state index contributed by atoms with van der Waals surface area (Å²) in [6.45, 7) is 4.22. The molecule has 0 aromatic heterocycles. The van der Waals surface area contributed by atoms with Gasteiger partial charge < -0.3 is 20.0 Å². The van der Waals surface area contributed by atoms with Crippen molar-refractivity contribution in [2.24, 2.45) is 0 Å². The van der Waals surface area contributed by atoms with Gasteiger partial charge in [-0.3, -0.25) is 14.4 Å². The number of amides is 3. The Labute approximate surface area is 214 Å². The smallest absolute Gasteiger partial charge is 0.250 e. The molecule has 2 fully saturated rings. The first-order chi connectivity index (χ1) is 17.5. The molecule has 4 rings (SSSR count). The molecule has 2 aromatic carbocycles. The summed E-state index contributed by atoms with van der Waals surface area (Å²) in [6.07, 6.45) is 5.55. The maximum absolute atomic E-state index is 13.8. The van der Waals surface area contributed by atoms with Gasteiger partial charge in [0.05, 0.1) is 6.67 Å². The number of likely N-dealkylation sites (tertiary alicyclic amines) is 1. The molecule has 0 unspecified atom stereocenters. The Kier molecular flexibility index (Phi) is 8.62. The average Bonchev–Trinajstić information content (AvgIpc) is 3.16. The molecule has 2 aromatic rings. The molecule has 1 N–H and O–H groups in total. The van der Waals surface area contributed by atoms with E-state index in [0.29, 0.717) is 45.6 Å². The number of carbonyl (C=O) groups excluding carboxylic acids is 3. The van der Waals surface area contributed by atoms with E-state index in [1.165, 1.54) is 5.56 Å². The molecule has 2 saturated heterocycles. The van der Waals surface area contributed by atoms with Crippen LogP contribution in [0, 0.1) is 0 Å². The summed E-state index contributed by atoms with van der Waals surface area (Å²) in [5.74, 6) is 0.0279. The molecule has 0 saturated carbocycles. The maximum atomic E-state index is 13.8. The van der Waals surface area contributed by atoms with Gasteiger partial charge in [0.15, 0.2) is 0 Å². The van der Waals surface area contributed by atoms with Crippen LogP contribution in [0.15, 0.2) is 60.7 Å². The van der Waals surface area contributed by atoms with Gasteiger partial charge in [0.25, 0.3) is 5.91 Å². The van der Waals surface area contributed by atoms with Crippen molar-refractivity contribution in [3.05, 3.63) is 66.2 Å². The van der Waals surface area contributed by atoms with E-state index in [1.807, 2.05) is 65.6 Å². The molecular formula is C29H38N4O3. The van der Waals surface area contributed by atoms with Crippen molar-refractivity contribution < 1.29 is 14.4 Å². The predicted octanol–water partition coefficient (Wildman–Crippen LogP) is 3.59. The van der Waals surface area contributed by atoms with Gasteiger partial charge in [-0.2, -0.15) is 0 Å². The lowest BCUT2D eigenvalue weighted by Gasteiger charge is -2.43. The quantitative estimate of drug-likeness (QED) is 0.517. The molecule has 3 amide bonds. The Balaban J connectivity index is 1.40.